The molecule has 0 aliphatic carbocycles. The van der Waals surface area contributed by atoms with Gasteiger partial charge < -0.3 is 10.4 Å². The van der Waals surface area contributed by atoms with Crippen LogP contribution in [-0.2, 0) is 13.1 Å². The van der Waals surface area contributed by atoms with Crippen LogP contribution in [0.15, 0.2) is 24.3 Å². The van der Waals surface area contributed by atoms with E-state index in [1.165, 1.54) is 17.4 Å². The van der Waals surface area contributed by atoms with Crippen molar-refractivity contribution in [1.82, 2.24) is 5.32 Å². The molecule has 0 bridgehead atoms. The average Bonchev–Trinajstić information content (AvgIpc) is 2.71. The van der Waals surface area contributed by atoms with Crippen molar-refractivity contribution < 1.29 is 5.11 Å². The van der Waals surface area contributed by atoms with Crippen molar-refractivity contribution in [1.29, 1.82) is 0 Å². The summed E-state index contributed by atoms with van der Waals surface area (Å²) in [6, 6.07) is 7.03. The lowest BCUT2D eigenvalue weighted by atomic mass is 10.2. The molecule has 2 N–H and O–H groups in total. The van der Waals surface area contributed by atoms with Gasteiger partial charge in [-0.2, -0.15) is 0 Å². The van der Waals surface area contributed by atoms with Gasteiger partial charge in [-0.25, -0.2) is 0 Å². The molecule has 1 aromatic carbocycles. The normalized spacial score (nSPS) is 10.8. The smallest absolute Gasteiger partial charge is 0.138 e. The van der Waals surface area contributed by atoms with Crippen LogP contribution in [0.3, 0.4) is 0 Å². The summed E-state index contributed by atoms with van der Waals surface area (Å²) in [7, 11) is 0. The van der Waals surface area contributed by atoms with E-state index in [-0.39, 0.29) is 10.8 Å². The highest BCUT2D eigenvalue weighted by Crippen LogP contribution is 2.31. The molecule has 0 aliphatic rings. The molecular weight excluding hydrogens is 313 g/mol. The molecule has 0 unspecified atom stereocenters. The maximum Gasteiger partial charge on any atom is 0.138 e. The van der Waals surface area contributed by atoms with Gasteiger partial charge in [0, 0.05) is 28.6 Å². The van der Waals surface area contributed by atoms with Crippen LogP contribution in [0.1, 0.15) is 10.4 Å². The van der Waals surface area contributed by atoms with E-state index < -0.39 is 0 Å². The number of aromatic hydroxyl groups is 1. The molecule has 2 nitrogen and oxygen atoms in total. The van der Waals surface area contributed by atoms with E-state index in [4.69, 9.17) is 34.8 Å². The fourth-order valence-corrected chi connectivity index (χ4v) is 3.11. The number of thiophene rings is 1. The lowest BCUT2D eigenvalue weighted by Gasteiger charge is -2.08. The lowest BCUT2D eigenvalue weighted by molar-refractivity contribution is 0.465. The van der Waals surface area contributed by atoms with E-state index in [1.807, 2.05) is 12.1 Å². The number of halogens is 3. The predicted molar refractivity (Wildman–Crippen MR) is 78.0 cm³/mol. The Morgan fingerprint density at radius 2 is 1.89 bits per heavy atom. The molecule has 0 amide bonds. The van der Waals surface area contributed by atoms with E-state index in [2.05, 4.69) is 5.32 Å². The number of hydrogen-bond acceptors (Lipinski definition) is 3. The molecule has 0 fully saturated rings. The zero-order valence-electron chi connectivity index (χ0n) is 9.21. The van der Waals surface area contributed by atoms with Gasteiger partial charge in [-0.15, -0.1) is 11.3 Å². The van der Waals surface area contributed by atoms with Crippen molar-refractivity contribution in [3.05, 3.63) is 49.1 Å². The molecule has 0 saturated carbocycles. The Morgan fingerprint density at radius 3 is 2.56 bits per heavy atom. The van der Waals surface area contributed by atoms with Crippen molar-refractivity contribution in [3.8, 4) is 5.75 Å². The van der Waals surface area contributed by atoms with Crippen molar-refractivity contribution in [2.24, 2.45) is 0 Å². The maximum atomic E-state index is 9.77. The SMILES string of the molecule is Oc1c(Cl)cc(Cl)cc1CNCc1ccc(Cl)s1. The number of phenolic OH excluding ortho intramolecular Hbond substituents is 1. The highest BCUT2D eigenvalue weighted by Gasteiger charge is 2.07. The van der Waals surface area contributed by atoms with Crippen LogP contribution in [0.25, 0.3) is 0 Å². The summed E-state index contributed by atoms with van der Waals surface area (Å²) in [5.74, 6) is 0.0674. The van der Waals surface area contributed by atoms with Crippen LogP contribution in [0.4, 0.5) is 0 Å². The first-order chi connectivity index (χ1) is 8.56. The molecule has 1 heterocycles. The van der Waals surface area contributed by atoms with E-state index in [0.717, 1.165) is 9.21 Å². The lowest BCUT2D eigenvalue weighted by Crippen LogP contribution is -2.11. The number of phenols is 1. The first kappa shape index (κ1) is 14.0. The van der Waals surface area contributed by atoms with E-state index in [0.29, 0.717) is 23.7 Å². The Labute approximate surface area is 124 Å². The van der Waals surface area contributed by atoms with Gasteiger partial charge in [0.2, 0.25) is 0 Å². The number of nitrogens with one attached hydrogen (secondary N) is 1. The summed E-state index contributed by atoms with van der Waals surface area (Å²) in [5.41, 5.74) is 0.676. The first-order valence-electron chi connectivity index (χ1n) is 5.18. The summed E-state index contributed by atoms with van der Waals surface area (Å²) in [5, 5.41) is 13.7. The molecule has 0 aliphatic heterocycles. The highest BCUT2D eigenvalue weighted by atomic mass is 35.5. The maximum absolute atomic E-state index is 9.77. The van der Waals surface area contributed by atoms with Crippen molar-refractivity contribution >= 4 is 46.1 Å². The Kier molecular flexibility index (Phi) is 4.76. The largest absolute Gasteiger partial charge is 0.506 e. The van der Waals surface area contributed by atoms with Gasteiger partial charge in [-0.1, -0.05) is 34.8 Å². The van der Waals surface area contributed by atoms with Crippen LogP contribution in [0.2, 0.25) is 14.4 Å². The quantitative estimate of drug-likeness (QED) is 0.855. The third-order valence-corrected chi connectivity index (χ3v) is 4.09. The zero-order valence-corrected chi connectivity index (χ0v) is 12.3. The minimum Gasteiger partial charge on any atom is -0.506 e. The fourth-order valence-electron chi connectivity index (χ4n) is 1.52. The molecule has 96 valence electrons. The summed E-state index contributed by atoms with van der Waals surface area (Å²) in [4.78, 5) is 1.13. The number of hydrogen-bond donors (Lipinski definition) is 2. The summed E-state index contributed by atoms with van der Waals surface area (Å²) < 4.78 is 0.764. The Balaban J connectivity index is 1.98. The standard InChI is InChI=1S/C12H10Cl3NOS/c13-8-3-7(12(17)10(14)4-8)5-16-6-9-1-2-11(15)18-9/h1-4,16-17H,5-6H2. The molecule has 0 radical (unpaired) electrons. The van der Waals surface area contributed by atoms with Gasteiger partial charge >= 0.3 is 0 Å². The van der Waals surface area contributed by atoms with Crippen molar-refractivity contribution in [2.45, 2.75) is 13.1 Å². The molecule has 18 heavy (non-hydrogen) atoms. The van der Waals surface area contributed by atoms with Gasteiger partial charge in [0.05, 0.1) is 9.36 Å². The van der Waals surface area contributed by atoms with Gasteiger partial charge in [-0.05, 0) is 24.3 Å². The second-order valence-electron chi connectivity index (χ2n) is 3.70. The predicted octanol–water partition coefficient (Wildman–Crippen LogP) is 4.70. The van der Waals surface area contributed by atoms with E-state index in [1.54, 1.807) is 6.07 Å². The van der Waals surface area contributed by atoms with Gasteiger partial charge in [0.15, 0.2) is 0 Å². The molecule has 0 atom stereocenters. The van der Waals surface area contributed by atoms with Crippen molar-refractivity contribution in [2.75, 3.05) is 0 Å². The van der Waals surface area contributed by atoms with E-state index >= 15 is 0 Å². The Hall–Kier alpha value is -0.450. The molecule has 1 aromatic heterocycles. The molecule has 2 rings (SSSR count). The first-order valence-corrected chi connectivity index (χ1v) is 7.13. The third-order valence-electron chi connectivity index (χ3n) is 2.35. The second kappa shape index (κ2) is 6.13. The summed E-state index contributed by atoms with van der Waals surface area (Å²) in [6.45, 7) is 1.17. The van der Waals surface area contributed by atoms with Crippen LogP contribution in [0.5, 0.6) is 5.75 Å². The second-order valence-corrected chi connectivity index (χ2v) is 6.35. The van der Waals surface area contributed by atoms with Gasteiger partial charge in [-0.3, -0.25) is 0 Å². The van der Waals surface area contributed by atoms with Crippen molar-refractivity contribution in [3.63, 3.8) is 0 Å². The van der Waals surface area contributed by atoms with Crippen LogP contribution in [0, 0.1) is 0 Å². The average molecular weight is 323 g/mol. The minimum absolute atomic E-state index is 0.0674. The van der Waals surface area contributed by atoms with Gasteiger partial charge in [0.1, 0.15) is 5.75 Å². The zero-order chi connectivity index (χ0) is 13.1. The van der Waals surface area contributed by atoms with Crippen LogP contribution in [-0.4, -0.2) is 5.11 Å². The topological polar surface area (TPSA) is 32.3 Å². The number of rotatable bonds is 4. The molecule has 0 spiro atoms. The Bertz CT molecular complexity index is 556. The highest BCUT2D eigenvalue weighted by molar-refractivity contribution is 7.16. The summed E-state index contributed by atoms with van der Waals surface area (Å²) in [6.07, 6.45) is 0. The van der Waals surface area contributed by atoms with Crippen LogP contribution < -0.4 is 5.32 Å². The molecule has 0 saturated heterocycles. The molecule has 6 heteroatoms. The fraction of sp³-hybridized carbons (Fsp3) is 0.167. The monoisotopic (exact) mass is 321 g/mol. The summed E-state index contributed by atoms with van der Waals surface area (Å²) >= 11 is 19.1. The van der Waals surface area contributed by atoms with Crippen LogP contribution >= 0.6 is 46.1 Å². The Morgan fingerprint density at radius 1 is 1.11 bits per heavy atom. The number of benzene rings is 1. The molecule has 2 aromatic rings. The minimum atomic E-state index is 0.0674. The van der Waals surface area contributed by atoms with E-state index in [9.17, 15) is 5.11 Å². The third kappa shape index (κ3) is 3.53. The molecular formula is C12H10Cl3NOS. The van der Waals surface area contributed by atoms with Gasteiger partial charge in [0.25, 0.3) is 0 Å².